The van der Waals surface area contributed by atoms with E-state index in [4.69, 9.17) is 4.74 Å². The first-order valence-corrected chi connectivity index (χ1v) is 8.50. The average Bonchev–Trinajstić information content (AvgIpc) is 2.98. The number of para-hydroxylation sites is 1. The van der Waals surface area contributed by atoms with E-state index in [0.717, 1.165) is 21.2 Å². The van der Waals surface area contributed by atoms with Gasteiger partial charge in [0.1, 0.15) is 0 Å². The van der Waals surface area contributed by atoms with Gasteiger partial charge in [-0.05, 0) is 59.7 Å². The van der Waals surface area contributed by atoms with Gasteiger partial charge in [0.05, 0.1) is 5.56 Å². The highest BCUT2D eigenvalue weighted by atomic mass is 127. The third kappa shape index (κ3) is 3.24. The summed E-state index contributed by atoms with van der Waals surface area (Å²) >= 11 is 2.08. The molecule has 0 fully saturated rings. The number of nitrogens with zero attached hydrogens (tertiary/aromatic N) is 1. The maximum atomic E-state index is 12.6. The van der Waals surface area contributed by atoms with Gasteiger partial charge in [0.15, 0.2) is 6.10 Å². The van der Waals surface area contributed by atoms with E-state index in [-0.39, 0.29) is 5.91 Å². The van der Waals surface area contributed by atoms with Crippen LogP contribution >= 0.6 is 22.6 Å². The maximum Gasteiger partial charge on any atom is 0.339 e. The Kier molecular flexibility index (Phi) is 4.66. The number of carbonyl (C=O) groups is 2. The van der Waals surface area contributed by atoms with Crippen molar-refractivity contribution < 1.29 is 14.3 Å². The van der Waals surface area contributed by atoms with Crippen molar-refractivity contribution in [1.29, 1.82) is 0 Å². The van der Waals surface area contributed by atoms with Crippen molar-refractivity contribution in [1.82, 2.24) is 0 Å². The molecule has 1 atom stereocenters. The van der Waals surface area contributed by atoms with Crippen molar-refractivity contribution in [3.05, 3.63) is 63.2 Å². The van der Waals surface area contributed by atoms with Gasteiger partial charge in [0.2, 0.25) is 0 Å². The summed E-state index contributed by atoms with van der Waals surface area (Å²) in [5, 5.41) is 0. The van der Waals surface area contributed by atoms with Crippen LogP contribution in [0.4, 0.5) is 5.69 Å². The van der Waals surface area contributed by atoms with Crippen LogP contribution in [0.25, 0.3) is 0 Å². The first kappa shape index (κ1) is 16.0. The summed E-state index contributed by atoms with van der Waals surface area (Å²) in [6.45, 7) is 2.25. The van der Waals surface area contributed by atoms with E-state index in [0.29, 0.717) is 12.1 Å². The molecule has 0 bridgehead atoms. The zero-order valence-corrected chi connectivity index (χ0v) is 14.8. The van der Waals surface area contributed by atoms with Crippen molar-refractivity contribution in [2.45, 2.75) is 19.4 Å². The molecule has 2 aromatic carbocycles. The van der Waals surface area contributed by atoms with Gasteiger partial charge in [-0.1, -0.05) is 30.3 Å². The second kappa shape index (κ2) is 6.70. The molecular formula is C18H16INO3. The van der Waals surface area contributed by atoms with E-state index in [1.165, 1.54) is 0 Å². The van der Waals surface area contributed by atoms with E-state index in [9.17, 15) is 9.59 Å². The van der Waals surface area contributed by atoms with Gasteiger partial charge in [-0.3, -0.25) is 4.79 Å². The number of amides is 1. The molecule has 1 amide bonds. The number of carbonyl (C=O) groups excluding carboxylic acids is 2. The highest BCUT2D eigenvalue weighted by Crippen LogP contribution is 2.28. The normalized spacial score (nSPS) is 14.3. The number of halogens is 1. The first-order valence-electron chi connectivity index (χ1n) is 7.42. The van der Waals surface area contributed by atoms with Crippen molar-refractivity contribution in [2.75, 3.05) is 11.4 Å². The molecule has 1 heterocycles. The number of anilines is 1. The first-order chi connectivity index (χ1) is 11.1. The Labute approximate surface area is 148 Å². The molecule has 1 aliphatic rings. The molecule has 0 N–H and O–H groups in total. The molecule has 118 valence electrons. The van der Waals surface area contributed by atoms with Crippen molar-refractivity contribution in [3.8, 4) is 0 Å². The molecule has 2 aromatic rings. The van der Waals surface area contributed by atoms with E-state index in [2.05, 4.69) is 22.6 Å². The minimum absolute atomic E-state index is 0.186. The maximum absolute atomic E-state index is 12.6. The van der Waals surface area contributed by atoms with Gasteiger partial charge < -0.3 is 9.64 Å². The Morgan fingerprint density at radius 1 is 1.13 bits per heavy atom. The van der Waals surface area contributed by atoms with Gasteiger partial charge in [-0.25, -0.2) is 4.79 Å². The molecule has 0 aromatic heterocycles. The van der Waals surface area contributed by atoms with Gasteiger partial charge in [-0.15, -0.1) is 0 Å². The fraction of sp³-hybridized carbons (Fsp3) is 0.222. The monoisotopic (exact) mass is 421 g/mol. The van der Waals surface area contributed by atoms with E-state index >= 15 is 0 Å². The van der Waals surface area contributed by atoms with Gasteiger partial charge in [-0.2, -0.15) is 0 Å². The summed E-state index contributed by atoms with van der Waals surface area (Å²) in [4.78, 5) is 26.5. The Morgan fingerprint density at radius 2 is 1.83 bits per heavy atom. The summed E-state index contributed by atoms with van der Waals surface area (Å²) in [5.74, 6) is -0.655. The summed E-state index contributed by atoms with van der Waals surface area (Å²) in [5.41, 5.74) is 2.54. The predicted octanol–water partition coefficient (Wildman–Crippen LogP) is 3.43. The van der Waals surface area contributed by atoms with Crippen LogP contribution in [0, 0.1) is 3.57 Å². The Hall–Kier alpha value is -1.89. The lowest BCUT2D eigenvalue weighted by Crippen LogP contribution is -2.39. The molecule has 0 spiro atoms. The molecule has 1 aliphatic heterocycles. The SMILES string of the molecule is CC(OC(=O)c1ccccc1I)C(=O)N1CCc2ccccc21. The van der Waals surface area contributed by atoms with Gasteiger partial charge >= 0.3 is 5.97 Å². The third-order valence-electron chi connectivity index (χ3n) is 3.88. The Balaban J connectivity index is 1.72. The lowest BCUT2D eigenvalue weighted by molar-refractivity contribution is -0.126. The number of esters is 1. The highest BCUT2D eigenvalue weighted by Gasteiger charge is 2.30. The summed E-state index contributed by atoms with van der Waals surface area (Å²) < 4.78 is 6.18. The Morgan fingerprint density at radius 3 is 2.61 bits per heavy atom. The lowest BCUT2D eigenvalue weighted by Gasteiger charge is -2.21. The Bertz CT molecular complexity index is 759. The van der Waals surface area contributed by atoms with E-state index in [1.54, 1.807) is 24.0 Å². The average molecular weight is 421 g/mol. The van der Waals surface area contributed by atoms with E-state index in [1.807, 2.05) is 36.4 Å². The molecule has 0 aliphatic carbocycles. The molecule has 3 rings (SSSR count). The molecule has 4 nitrogen and oxygen atoms in total. The second-order valence-corrected chi connectivity index (χ2v) is 6.56. The summed E-state index contributed by atoms with van der Waals surface area (Å²) in [6.07, 6.45) is 0.0174. The molecule has 0 radical (unpaired) electrons. The topological polar surface area (TPSA) is 46.6 Å². The van der Waals surface area contributed by atoms with Crippen molar-refractivity contribution in [3.63, 3.8) is 0 Å². The number of benzene rings is 2. The minimum atomic E-state index is -0.815. The van der Waals surface area contributed by atoms with Crippen LogP contribution in [0.1, 0.15) is 22.8 Å². The molecule has 1 unspecified atom stereocenters. The van der Waals surface area contributed by atoms with Crippen LogP contribution < -0.4 is 4.90 Å². The van der Waals surface area contributed by atoms with Crippen LogP contribution in [0.2, 0.25) is 0 Å². The second-order valence-electron chi connectivity index (χ2n) is 5.40. The number of hydrogen-bond acceptors (Lipinski definition) is 3. The molecule has 23 heavy (non-hydrogen) atoms. The summed E-state index contributed by atoms with van der Waals surface area (Å²) in [7, 11) is 0. The largest absolute Gasteiger partial charge is 0.449 e. The fourth-order valence-corrected chi connectivity index (χ4v) is 3.30. The molecule has 5 heteroatoms. The quantitative estimate of drug-likeness (QED) is 0.564. The van der Waals surface area contributed by atoms with Gasteiger partial charge in [0, 0.05) is 15.8 Å². The number of hydrogen-bond donors (Lipinski definition) is 0. The predicted molar refractivity (Wildman–Crippen MR) is 96.5 cm³/mol. The van der Waals surface area contributed by atoms with Crippen LogP contribution in [-0.2, 0) is 16.0 Å². The zero-order chi connectivity index (χ0) is 16.4. The minimum Gasteiger partial charge on any atom is -0.449 e. The molecule has 0 saturated heterocycles. The van der Waals surface area contributed by atoms with Gasteiger partial charge in [0.25, 0.3) is 5.91 Å². The number of ether oxygens (including phenoxy) is 1. The van der Waals surface area contributed by atoms with Crippen LogP contribution in [0.3, 0.4) is 0 Å². The van der Waals surface area contributed by atoms with E-state index < -0.39 is 12.1 Å². The number of rotatable bonds is 3. The van der Waals surface area contributed by atoms with Crippen LogP contribution in [0.5, 0.6) is 0 Å². The highest BCUT2D eigenvalue weighted by molar-refractivity contribution is 14.1. The smallest absolute Gasteiger partial charge is 0.339 e. The number of fused-ring (bicyclic) bond motifs is 1. The third-order valence-corrected chi connectivity index (χ3v) is 4.82. The van der Waals surface area contributed by atoms with Crippen molar-refractivity contribution in [2.24, 2.45) is 0 Å². The molecule has 0 saturated carbocycles. The van der Waals surface area contributed by atoms with Crippen LogP contribution in [-0.4, -0.2) is 24.5 Å². The van der Waals surface area contributed by atoms with Crippen molar-refractivity contribution >= 4 is 40.2 Å². The standard InChI is InChI=1S/C18H16INO3/c1-12(23-18(22)14-7-3-4-8-15(14)19)17(21)20-11-10-13-6-2-5-9-16(13)20/h2-9,12H,10-11H2,1H3. The summed E-state index contributed by atoms with van der Waals surface area (Å²) in [6, 6.07) is 15.0. The fourth-order valence-electron chi connectivity index (χ4n) is 2.69. The molecular weight excluding hydrogens is 405 g/mol. The zero-order valence-electron chi connectivity index (χ0n) is 12.7. The lowest BCUT2D eigenvalue weighted by atomic mass is 10.2. The van der Waals surface area contributed by atoms with Crippen LogP contribution in [0.15, 0.2) is 48.5 Å².